The zero-order valence-electron chi connectivity index (χ0n) is 10.8. The maximum Gasteiger partial charge on any atom is 0.246 e. The van der Waals surface area contributed by atoms with Crippen LogP contribution >= 0.6 is 11.6 Å². The fraction of sp³-hybridized carbons (Fsp3) is 0.308. The summed E-state index contributed by atoms with van der Waals surface area (Å²) in [5, 5.41) is 0.884. The Morgan fingerprint density at radius 2 is 1.84 bits per heavy atom. The Hall–Kier alpha value is -1.17. The molecule has 1 aromatic carbocycles. The van der Waals surface area contributed by atoms with Crippen LogP contribution in [0.5, 0.6) is 0 Å². The van der Waals surface area contributed by atoms with Crippen molar-refractivity contribution in [2.75, 3.05) is 13.1 Å². The lowest BCUT2D eigenvalue weighted by atomic mass is 10.2. The number of benzene rings is 1. The van der Waals surface area contributed by atoms with Crippen molar-refractivity contribution in [2.24, 2.45) is 0 Å². The maximum absolute atomic E-state index is 12.5. The van der Waals surface area contributed by atoms with E-state index in [1.165, 1.54) is 10.5 Å². The molecule has 0 N–H and O–H groups in total. The van der Waals surface area contributed by atoms with Gasteiger partial charge in [0.2, 0.25) is 10.0 Å². The maximum atomic E-state index is 12.5. The van der Waals surface area contributed by atoms with Gasteiger partial charge in [-0.1, -0.05) is 43.6 Å². The first kappa shape index (κ1) is 14.2. The van der Waals surface area contributed by atoms with Gasteiger partial charge in [0.1, 0.15) is 4.90 Å². The van der Waals surface area contributed by atoms with Crippen LogP contribution in [0.2, 0.25) is 5.02 Å². The largest absolute Gasteiger partial charge is 0.255 e. The minimum atomic E-state index is -3.58. The monoisotopic (exact) mass is 298 g/mol. The predicted octanol–water partition coefficient (Wildman–Crippen LogP) is 2.92. The highest BCUT2D eigenvalue weighted by Crippen LogP contribution is 2.30. The van der Waals surface area contributed by atoms with Crippen molar-refractivity contribution in [2.45, 2.75) is 18.7 Å². The van der Waals surface area contributed by atoms with Gasteiger partial charge in [0, 0.05) is 24.7 Å². The Bertz CT molecular complexity index is 697. The smallest absolute Gasteiger partial charge is 0.246 e. The Kier molecular flexibility index (Phi) is 4.08. The topological polar surface area (TPSA) is 50.3 Å². The molecule has 4 nitrogen and oxygen atoms in total. The van der Waals surface area contributed by atoms with Crippen molar-refractivity contribution in [3.8, 4) is 0 Å². The van der Waals surface area contributed by atoms with Gasteiger partial charge in [-0.2, -0.15) is 4.31 Å². The Morgan fingerprint density at radius 1 is 1.21 bits per heavy atom. The van der Waals surface area contributed by atoms with Gasteiger partial charge in [0.25, 0.3) is 0 Å². The molecule has 0 bridgehead atoms. The minimum absolute atomic E-state index is 0.0663. The first-order valence-corrected chi connectivity index (χ1v) is 7.87. The quantitative estimate of drug-likeness (QED) is 0.872. The van der Waals surface area contributed by atoms with Crippen LogP contribution in [0.15, 0.2) is 35.4 Å². The van der Waals surface area contributed by atoms with Gasteiger partial charge in [0.15, 0.2) is 0 Å². The van der Waals surface area contributed by atoms with E-state index in [4.69, 9.17) is 11.6 Å². The first-order valence-electron chi connectivity index (χ1n) is 6.05. The second-order valence-electron chi connectivity index (χ2n) is 4.04. The summed E-state index contributed by atoms with van der Waals surface area (Å²) in [5.74, 6) is 0. The number of fused-ring (bicyclic) bond motifs is 1. The molecule has 0 radical (unpaired) electrons. The van der Waals surface area contributed by atoms with Crippen LogP contribution in [0.1, 0.15) is 13.8 Å². The number of halogens is 1. The summed E-state index contributed by atoms with van der Waals surface area (Å²) in [5.41, 5.74) is 0.686. The minimum Gasteiger partial charge on any atom is -0.255 e. The molecule has 0 amide bonds. The van der Waals surface area contributed by atoms with Gasteiger partial charge in [0.05, 0.1) is 10.5 Å². The first-order chi connectivity index (χ1) is 9.02. The number of hydrogen-bond donors (Lipinski definition) is 0. The van der Waals surface area contributed by atoms with Gasteiger partial charge in [-0.15, -0.1) is 0 Å². The number of nitrogens with zero attached hydrogens (tertiary/aromatic N) is 2. The Morgan fingerprint density at radius 3 is 2.47 bits per heavy atom. The molecule has 1 heterocycles. The number of pyridine rings is 1. The van der Waals surface area contributed by atoms with E-state index in [0.29, 0.717) is 24.0 Å². The molecule has 2 rings (SSSR count). The van der Waals surface area contributed by atoms with Crippen molar-refractivity contribution < 1.29 is 8.42 Å². The summed E-state index contributed by atoms with van der Waals surface area (Å²) in [6.45, 7) is 4.40. The molecular formula is C13H15ClN2O2S. The number of aromatic nitrogens is 1. The van der Waals surface area contributed by atoms with Crippen LogP contribution in [0.25, 0.3) is 10.9 Å². The van der Waals surface area contributed by atoms with E-state index < -0.39 is 10.0 Å². The number of para-hydroxylation sites is 1. The lowest BCUT2D eigenvalue weighted by molar-refractivity contribution is 0.445. The van der Waals surface area contributed by atoms with Crippen molar-refractivity contribution >= 4 is 32.5 Å². The van der Waals surface area contributed by atoms with Gasteiger partial charge >= 0.3 is 0 Å². The normalized spacial score (nSPS) is 12.2. The molecule has 6 heteroatoms. The molecule has 0 saturated heterocycles. The van der Waals surface area contributed by atoms with Crippen molar-refractivity contribution in [1.29, 1.82) is 0 Å². The summed E-state index contributed by atoms with van der Waals surface area (Å²) in [6.07, 6.45) is 1.33. The second kappa shape index (κ2) is 5.45. The van der Waals surface area contributed by atoms with Crippen LogP contribution in [-0.2, 0) is 10.0 Å². The summed E-state index contributed by atoms with van der Waals surface area (Å²) in [7, 11) is -3.58. The fourth-order valence-electron chi connectivity index (χ4n) is 1.97. The number of sulfonamides is 1. The van der Waals surface area contributed by atoms with Crippen molar-refractivity contribution in [3.05, 3.63) is 35.5 Å². The van der Waals surface area contributed by atoms with Gasteiger partial charge in [-0.05, 0) is 6.07 Å². The van der Waals surface area contributed by atoms with Crippen LogP contribution in [0.4, 0.5) is 0 Å². The lowest BCUT2D eigenvalue weighted by Gasteiger charge is -2.19. The van der Waals surface area contributed by atoms with Crippen LogP contribution in [-0.4, -0.2) is 30.8 Å². The molecule has 0 saturated carbocycles. The summed E-state index contributed by atoms with van der Waals surface area (Å²) >= 11 is 6.24. The SMILES string of the molecule is CCN(CC)S(=O)(=O)c1cnc2ccccc2c1Cl. The molecule has 0 aliphatic carbocycles. The van der Waals surface area contributed by atoms with Crippen LogP contribution in [0, 0.1) is 0 Å². The van der Waals surface area contributed by atoms with E-state index >= 15 is 0 Å². The second-order valence-corrected chi connectivity index (χ2v) is 6.33. The van der Waals surface area contributed by atoms with E-state index in [0.717, 1.165) is 0 Å². The van der Waals surface area contributed by atoms with E-state index in [1.807, 2.05) is 12.1 Å². The fourth-order valence-corrected chi connectivity index (χ4v) is 3.95. The van der Waals surface area contributed by atoms with Crippen molar-refractivity contribution in [3.63, 3.8) is 0 Å². The highest BCUT2D eigenvalue weighted by molar-refractivity contribution is 7.89. The third-order valence-electron chi connectivity index (χ3n) is 3.00. The molecule has 0 spiro atoms. The van der Waals surface area contributed by atoms with E-state index in [9.17, 15) is 8.42 Å². The third-order valence-corrected chi connectivity index (χ3v) is 5.58. The molecule has 0 aliphatic heterocycles. The molecule has 19 heavy (non-hydrogen) atoms. The molecule has 0 fully saturated rings. The molecule has 0 aliphatic rings. The lowest BCUT2D eigenvalue weighted by Crippen LogP contribution is -2.30. The third kappa shape index (κ3) is 2.45. The highest BCUT2D eigenvalue weighted by Gasteiger charge is 2.25. The average Bonchev–Trinajstić information content (AvgIpc) is 2.40. The molecular weight excluding hydrogens is 284 g/mol. The summed E-state index contributed by atoms with van der Waals surface area (Å²) in [4.78, 5) is 4.24. The van der Waals surface area contributed by atoms with E-state index in [-0.39, 0.29) is 9.92 Å². The average molecular weight is 299 g/mol. The zero-order valence-corrected chi connectivity index (χ0v) is 12.4. The molecule has 0 unspecified atom stereocenters. The van der Waals surface area contributed by atoms with Crippen LogP contribution in [0.3, 0.4) is 0 Å². The molecule has 1 aromatic heterocycles. The standard InChI is InChI=1S/C13H15ClN2O2S/c1-3-16(4-2)19(17,18)12-9-15-11-8-6-5-7-10(11)13(12)14/h5-9H,3-4H2,1-2H3. The predicted molar refractivity (Wildman–Crippen MR) is 76.9 cm³/mol. The van der Waals surface area contributed by atoms with Gasteiger partial charge in [-0.3, -0.25) is 4.98 Å². The number of hydrogen-bond acceptors (Lipinski definition) is 3. The Balaban J connectivity index is 2.67. The van der Waals surface area contributed by atoms with E-state index in [2.05, 4.69) is 4.98 Å². The molecule has 2 aromatic rings. The van der Waals surface area contributed by atoms with E-state index in [1.54, 1.807) is 26.0 Å². The molecule has 0 atom stereocenters. The summed E-state index contributed by atoms with van der Waals surface area (Å²) < 4.78 is 26.3. The highest BCUT2D eigenvalue weighted by atomic mass is 35.5. The van der Waals surface area contributed by atoms with Gasteiger partial charge in [-0.25, -0.2) is 8.42 Å². The van der Waals surface area contributed by atoms with Crippen molar-refractivity contribution in [1.82, 2.24) is 9.29 Å². The Labute approximate surface area is 118 Å². The summed E-state index contributed by atoms with van der Waals surface area (Å²) in [6, 6.07) is 7.22. The zero-order chi connectivity index (χ0) is 14.0. The molecule has 102 valence electrons. The van der Waals surface area contributed by atoms with Crippen LogP contribution < -0.4 is 0 Å². The number of rotatable bonds is 4. The van der Waals surface area contributed by atoms with Gasteiger partial charge < -0.3 is 0 Å².